The summed E-state index contributed by atoms with van der Waals surface area (Å²) in [4.78, 5) is 33.5. The number of ether oxygens (including phenoxy) is 2. The highest BCUT2D eigenvalue weighted by molar-refractivity contribution is 6.02. The van der Waals surface area contributed by atoms with Crippen molar-refractivity contribution in [3.05, 3.63) is 69.7 Å². The van der Waals surface area contributed by atoms with Gasteiger partial charge in [-0.25, -0.2) is 10.8 Å². The van der Waals surface area contributed by atoms with Gasteiger partial charge in [-0.1, -0.05) is 17.7 Å². The van der Waals surface area contributed by atoms with Crippen molar-refractivity contribution in [2.75, 3.05) is 47.4 Å². The van der Waals surface area contributed by atoms with Crippen LogP contribution in [-0.2, 0) is 16.0 Å². The molecule has 12 nitrogen and oxygen atoms in total. The molecule has 1 heterocycles. The van der Waals surface area contributed by atoms with Gasteiger partial charge in [0.2, 0.25) is 12.3 Å². The first kappa shape index (κ1) is 32.8. The number of likely N-dealkylation sites (N-methyl/N-ethyl adjacent to an activating group) is 2. The fourth-order valence-corrected chi connectivity index (χ4v) is 5.07. The monoisotopic (exact) mass is 593 g/mol. The lowest BCUT2D eigenvalue weighted by Crippen LogP contribution is -2.42. The first-order valence-electron chi connectivity index (χ1n) is 14.0. The second-order valence-electron chi connectivity index (χ2n) is 10.4. The number of amides is 2. The first-order chi connectivity index (χ1) is 20.4. The molecule has 2 aromatic rings. The van der Waals surface area contributed by atoms with Gasteiger partial charge >= 0.3 is 0 Å². The highest BCUT2D eigenvalue weighted by atomic mass is 16.5. The molecule has 0 aliphatic carbocycles. The zero-order chi connectivity index (χ0) is 31.8. The third-order valence-corrected chi connectivity index (χ3v) is 7.09. The standard InChI is InChI=1S/C31H43N7O5/c1-8-43-26-15-22-9-11-38(18-39)24(23(22)16-25(26)42-7)17-27(35-28-20(3)13-19(2)14-21(28)4)36(5)12-10-34-31(41)29(30(32)40)37(6)33/h13-18,40H,8-12,32-33H2,1-7H3,(H,34,41)/b24-17-,30-29+,35-27+. The van der Waals surface area contributed by atoms with Gasteiger partial charge in [-0.2, -0.15) is 0 Å². The second kappa shape index (κ2) is 14.5. The lowest BCUT2D eigenvalue weighted by atomic mass is 9.95. The maximum absolute atomic E-state index is 12.6. The van der Waals surface area contributed by atoms with Crippen LogP contribution in [0.15, 0.2) is 46.9 Å². The zero-order valence-electron chi connectivity index (χ0n) is 26.0. The molecule has 43 heavy (non-hydrogen) atoms. The number of aliphatic imine (C=N–C) groups is 1. The van der Waals surface area contributed by atoms with Gasteiger partial charge in [-0.3, -0.25) is 9.59 Å². The van der Waals surface area contributed by atoms with Crippen molar-refractivity contribution in [2.24, 2.45) is 16.6 Å². The van der Waals surface area contributed by atoms with Crippen molar-refractivity contribution >= 4 is 29.5 Å². The van der Waals surface area contributed by atoms with Crippen LogP contribution in [-0.4, -0.2) is 85.5 Å². The summed E-state index contributed by atoms with van der Waals surface area (Å²) in [6.45, 7) is 9.48. The Morgan fingerprint density at radius 2 is 1.84 bits per heavy atom. The van der Waals surface area contributed by atoms with Crippen LogP contribution in [0.2, 0.25) is 0 Å². The minimum atomic E-state index is -0.680. The summed E-state index contributed by atoms with van der Waals surface area (Å²) in [5, 5.41) is 13.3. The Labute approximate surface area is 253 Å². The smallest absolute Gasteiger partial charge is 0.274 e. The number of rotatable bonds is 11. The highest BCUT2D eigenvalue weighted by Crippen LogP contribution is 2.38. The molecule has 0 saturated heterocycles. The van der Waals surface area contributed by atoms with Crippen molar-refractivity contribution < 1.29 is 24.2 Å². The number of carbonyl (C=O) groups is 2. The number of aryl methyl sites for hydroxylation is 3. The molecule has 0 atom stereocenters. The Balaban J connectivity index is 2.09. The molecule has 2 amide bonds. The predicted molar refractivity (Wildman–Crippen MR) is 168 cm³/mol. The van der Waals surface area contributed by atoms with Crippen molar-refractivity contribution in [1.29, 1.82) is 0 Å². The van der Waals surface area contributed by atoms with Crippen molar-refractivity contribution in [3.63, 3.8) is 0 Å². The summed E-state index contributed by atoms with van der Waals surface area (Å²) in [6.07, 6.45) is 3.34. The van der Waals surface area contributed by atoms with E-state index in [1.165, 1.54) is 7.05 Å². The molecular weight excluding hydrogens is 550 g/mol. The fraction of sp³-hybridized carbons (Fsp3) is 0.387. The number of nitrogens with zero attached hydrogens (tertiary/aromatic N) is 4. The number of carbonyl (C=O) groups excluding carboxylic acids is 2. The third kappa shape index (κ3) is 7.77. The van der Waals surface area contributed by atoms with E-state index in [0.717, 1.165) is 44.9 Å². The second-order valence-corrected chi connectivity index (χ2v) is 10.4. The molecule has 1 aliphatic heterocycles. The van der Waals surface area contributed by atoms with E-state index in [0.29, 0.717) is 49.1 Å². The molecule has 0 fully saturated rings. The van der Waals surface area contributed by atoms with Crippen LogP contribution in [0.3, 0.4) is 0 Å². The minimum absolute atomic E-state index is 0.188. The maximum Gasteiger partial charge on any atom is 0.274 e. The molecule has 0 saturated carbocycles. The quantitative estimate of drug-likeness (QED) is 0.0584. The molecule has 6 N–H and O–H groups in total. The molecular formula is C31H43N7O5. The van der Waals surface area contributed by atoms with Gasteiger partial charge in [0.05, 0.1) is 25.1 Å². The first-order valence-corrected chi connectivity index (χ1v) is 14.0. The number of hydrogen-bond donors (Lipinski definition) is 4. The SMILES string of the molecule is CCOc1cc2c(cc1OC)/C(=C/C(=N\c1c(C)cc(C)cc1C)N(C)CCNC(=O)/C(=C(/N)O)N(C)N)N(C=O)CC2. The van der Waals surface area contributed by atoms with E-state index in [-0.39, 0.29) is 12.2 Å². The maximum atomic E-state index is 12.6. The molecule has 3 rings (SSSR count). The Morgan fingerprint density at radius 1 is 1.16 bits per heavy atom. The Bertz CT molecular complexity index is 1420. The summed E-state index contributed by atoms with van der Waals surface area (Å²) in [5.74, 6) is 6.13. The van der Waals surface area contributed by atoms with Gasteiger partial charge in [-0.05, 0) is 62.9 Å². The number of hydrazine groups is 1. The lowest BCUT2D eigenvalue weighted by molar-refractivity contribution is -0.119. The van der Waals surface area contributed by atoms with Crippen LogP contribution < -0.4 is 26.4 Å². The van der Waals surface area contributed by atoms with Crippen LogP contribution >= 0.6 is 0 Å². The Hall–Kier alpha value is -4.71. The molecule has 12 heteroatoms. The summed E-state index contributed by atoms with van der Waals surface area (Å²) >= 11 is 0. The molecule has 0 unspecified atom stereocenters. The van der Waals surface area contributed by atoms with Crippen LogP contribution in [0.25, 0.3) is 5.70 Å². The van der Waals surface area contributed by atoms with E-state index in [2.05, 4.69) is 17.4 Å². The van der Waals surface area contributed by atoms with Gasteiger partial charge in [0, 0.05) is 45.4 Å². The normalized spacial score (nSPS) is 14.6. The number of aliphatic hydroxyl groups excluding tert-OH is 1. The largest absolute Gasteiger partial charge is 0.493 e. The zero-order valence-corrected chi connectivity index (χ0v) is 26.0. The van der Waals surface area contributed by atoms with Gasteiger partial charge < -0.3 is 40.4 Å². The Kier molecular flexibility index (Phi) is 11.0. The number of fused-ring (bicyclic) bond motifs is 1. The molecule has 1 aliphatic rings. The molecule has 0 radical (unpaired) electrons. The number of amidine groups is 1. The average Bonchev–Trinajstić information content (AvgIpc) is 2.93. The predicted octanol–water partition coefficient (Wildman–Crippen LogP) is 2.64. The average molecular weight is 594 g/mol. The summed E-state index contributed by atoms with van der Waals surface area (Å²) in [6, 6.07) is 7.99. The molecule has 0 aromatic heterocycles. The number of benzene rings is 2. The number of nitrogens with one attached hydrogen (secondary N) is 1. The summed E-state index contributed by atoms with van der Waals surface area (Å²) < 4.78 is 11.4. The van der Waals surface area contributed by atoms with Crippen LogP contribution in [0.5, 0.6) is 11.5 Å². The molecule has 2 aromatic carbocycles. The van der Waals surface area contributed by atoms with Crippen molar-refractivity contribution in [1.82, 2.24) is 20.1 Å². The van der Waals surface area contributed by atoms with E-state index in [4.69, 9.17) is 26.0 Å². The lowest BCUT2D eigenvalue weighted by Gasteiger charge is -2.30. The number of hydrogen-bond acceptors (Lipinski definition) is 9. The van der Waals surface area contributed by atoms with E-state index in [1.807, 2.05) is 57.9 Å². The third-order valence-electron chi connectivity index (χ3n) is 7.09. The van der Waals surface area contributed by atoms with Crippen LogP contribution in [0.4, 0.5) is 5.69 Å². The van der Waals surface area contributed by atoms with E-state index >= 15 is 0 Å². The van der Waals surface area contributed by atoms with Crippen LogP contribution in [0.1, 0.15) is 34.7 Å². The number of methoxy groups -OCH3 is 1. The minimum Gasteiger partial charge on any atom is -0.493 e. The topological polar surface area (TPSA) is 159 Å². The van der Waals surface area contributed by atoms with E-state index < -0.39 is 11.8 Å². The van der Waals surface area contributed by atoms with Gasteiger partial charge in [-0.15, -0.1) is 0 Å². The van der Waals surface area contributed by atoms with E-state index in [9.17, 15) is 14.7 Å². The van der Waals surface area contributed by atoms with Gasteiger partial charge in [0.25, 0.3) is 5.91 Å². The highest BCUT2D eigenvalue weighted by Gasteiger charge is 2.25. The molecule has 0 spiro atoms. The van der Waals surface area contributed by atoms with E-state index in [1.54, 1.807) is 12.0 Å². The molecule has 232 valence electrons. The number of aliphatic hydroxyl groups is 1. The van der Waals surface area contributed by atoms with Crippen LogP contribution in [0, 0.1) is 20.8 Å². The van der Waals surface area contributed by atoms with Gasteiger partial charge in [0.15, 0.2) is 17.2 Å². The fourth-order valence-electron chi connectivity index (χ4n) is 5.07. The summed E-state index contributed by atoms with van der Waals surface area (Å²) in [5.41, 5.74) is 11.7. The van der Waals surface area contributed by atoms with Crippen molar-refractivity contribution in [3.8, 4) is 11.5 Å². The number of nitrogens with two attached hydrogens (primary N) is 2. The summed E-state index contributed by atoms with van der Waals surface area (Å²) in [7, 11) is 4.83. The Morgan fingerprint density at radius 3 is 2.40 bits per heavy atom. The van der Waals surface area contributed by atoms with Crippen molar-refractivity contribution in [2.45, 2.75) is 34.1 Å². The molecule has 0 bridgehead atoms. The van der Waals surface area contributed by atoms with Gasteiger partial charge in [0.1, 0.15) is 5.84 Å².